The van der Waals surface area contributed by atoms with Gasteiger partial charge in [-0.2, -0.15) is 0 Å². The van der Waals surface area contributed by atoms with Gasteiger partial charge in [-0.25, -0.2) is 4.39 Å². The van der Waals surface area contributed by atoms with Gasteiger partial charge in [0, 0.05) is 15.7 Å². The van der Waals surface area contributed by atoms with Gasteiger partial charge in [-0.3, -0.25) is 4.79 Å². The molecule has 1 atom stereocenters. The van der Waals surface area contributed by atoms with Crippen LogP contribution in [0.1, 0.15) is 12.5 Å². The summed E-state index contributed by atoms with van der Waals surface area (Å²) in [5, 5.41) is 3.00. The fourth-order valence-electron chi connectivity index (χ4n) is 1.95. The Morgan fingerprint density at radius 1 is 1.20 bits per heavy atom. The fourth-order valence-corrected chi connectivity index (χ4v) is 2.21. The van der Waals surface area contributed by atoms with Crippen LogP contribution in [-0.2, 0) is 10.3 Å². The second-order valence-corrected chi connectivity index (χ2v) is 5.52. The van der Waals surface area contributed by atoms with Crippen molar-refractivity contribution >= 4 is 27.5 Å². The van der Waals surface area contributed by atoms with Crippen LogP contribution in [0.4, 0.5) is 10.1 Å². The molecule has 0 bridgehead atoms. The molecule has 0 aliphatic rings. The van der Waals surface area contributed by atoms with Gasteiger partial charge in [-0.05, 0) is 37.3 Å². The van der Waals surface area contributed by atoms with Crippen LogP contribution in [-0.4, -0.2) is 5.91 Å². The molecule has 1 unspecified atom stereocenters. The number of hydrogen-bond acceptors (Lipinski definition) is 2. The Kier molecular flexibility index (Phi) is 4.09. The molecule has 2 rings (SSSR count). The number of benzene rings is 2. The molecule has 104 valence electrons. The second kappa shape index (κ2) is 5.63. The summed E-state index contributed by atoms with van der Waals surface area (Å²) in [7, 11) is 0. The summed E-state index contributed by atoms with van der Waals surface area (Å²) >= 11 is 3.33. The van der Waals surface area contributed by atoms with E-state index in [-0.39, 0.29) is 5.56 Å². The summed E-state index contributed by atoms with van der Waals surface area (Å²) < 4.78 is 14.9. The lowest BCUT2D eigenvalue weighted by atomic mass is 9.90. The summed E-state index contributed by atoms with van der Waals surface area (Å²) in [5.74, 6) is -1.12. The lowest BCUT2D eigenvalue weighted by molar-refractivity contribution is -0.122. The first-order chi connectivity index (χ1) is 9.43. The van der Waals surface area contributed by atoms with E-state index in [1.165, 1.54) is 6.07 Å². The largest absolute Gasteiger partial charge is 0.368 e. The molecule has 3 nitrogen and oxygen atoms in total. The Morgan fingerprint density at radius 2 is 1.80 bits per heavy atom. The van der Waals surface area contributed by atoms with Crippen molar-refractivity contribution in [1.82, 2.24) is 0 Å². The van der Waals surface area contributed by atoms with E-state index in [2.05, 4.69) is 21.2 Å². The van der Waals surface area contributed by atoms with Crippen LogP contribution in [0.3, 0.4) is 0 Å². The zero-order valence-electron chi connectivity index (χ0n) is 10.9. The van der Waals surface area contributed by atoms with Crippen molar-refractivity contribution in [2.75, 3.05) is 5.32 Å². The number of amides is 1. The van der Waals surface area contributed by atoms with Gasteiger partial charge in [0.25, 0.3) is 0 Å². The highest BCUT2D eigenvalue weighted by molar-refractivity contribution is 9.10. The SMILES string of the molecule is CC(Nc1ccc(Br)cc1)(C(N)=O)c1ccccc1F. The highest BCUT2D eigenvalue weighted by atomic mass is 79.9. The molecule has 0 aromatic heterocycles. The predicted octanol–water partition coefficient (Wildman–Crippen LogP) is 3.40. The number of carbonyl (C=O) groups is 1. The van der Waals surface area contributed by atoms with Crippen LogP contribution < -0.4 is 11.1 Å². The van der Waals surface area contributed by atoms with Crippen molar-refractivity contribution in [2.45, 2.75) is 12.5 Å². The number of hydrogen-bond donors (Lipinski definition) is 2. The van der Waals surface area contributed by atoms with E-state index < -0.39 is 17.3 Å². The minimum Gasteiger partial charge on any atom is -0.368 e. The first-order valence-electron chi connectivity index (χ1n) is 6.02. The minimum atomic E-state index is -1.32. The Labute approximate surface area is 125 Å². The van der Waals surface area contributed by atoms with Gasteiger partial charge in [0.1, 0.15) is 11.4 Å². The number of carbonyl (C=O) groups excluding carboxylic acids is 1. The van der Waals surface area contributed by atoms with Crippen molar-refractivity contribution in [1.29, 1.82) is 0 Å². The second-order valence-electron chi connectivity index (χ2n) is 4.60. The van der Waals surface area contributed by atoms with Crippen molar-refractivity contribution in [3.63, 3.8) is 0 Å². The molecule has 0 saturated heterocycles. The summed E-state index contributed by atoms with van der Waals surface area (Å²) in [6.07, 6.45) is 0. The Morgan fingerprint density at radius 3 is 2.35 bits per heavy atom. The molecule has 2 aromatic carbocycles. The molecule has 5 heteroatoms. The van der Waals surface area contributed by atoms with Gasteiger partial charge < -0.3 is 11.1 Å². The van der Waals surface area contributed by atoms with Crippen LogP contribution >= 0.6 is 15.9 Å². The number of anilines is 1. The molecule has 0 radical (unpaired) electrons. The maximum atomic E-state index is 14.0. The highest BCUT2D eigenvalue weighted by Gasteiger charge is 2.35. The van der Waals surface area contributed by atoms with Crippen LogP contribution in [0.15, 0.2) is 53.0 Å². The summed E-state index contributed by atoms with van der Waals surface area (Å²) in [6, 6.07) is 13.3. The molecule has 0 spiro atoms. The molecular weight excluding hydrogens is 323 g/mol. The van der Waals surface area contributed by atoms with Crippen molar-refractivity contribution in [3.8, 4) is 0 Å². The molecule has 0 fully saturated rings. The molecule has 1 amide bonds. The van der Waals surface area contributed by atoms with Crippen LogP contribution in [0.2, 0.25) is 0 Å². The lowest BCUT2D eigenvalue weighted by Crippen LogP contribution is -2.45. The molecular formula is C15H14BrFN2O. The van der Waals surface area contributed by atoms with E-state index in [0.717, 1.165) is 4.47 Å². The van der Waals surface area contributed by atoms with Crippen molar-refractivity contribution in [3.05, 3.63) is 64.4 Å². The van der Waals surface area contributed by atoms with Crippen molar-refractivity contribution in [2.24, 2.45) is 5.73 Å². The third-order valence-corrected chi connectivity index (χ3v) is 3.67. The monoisotopic (exact) mass is 336 g/mol. The van der Waals surface area contributed by atoms with Gasteiger partial charge >= 0.3 is 0 Å². The van der Waals surface area contributed by atoms with Crippen LogP contribution in [0.25, 0.3) is 0 Å². The van der Waals surface area contributed by atoms with E-state index in [1.807, 2.05) is 12.1 Å². The van der Waals surface area contributed by atoms with Gasteiger partial charge in [-0.15, -0.1) is 0 Å². The minimum absolute atomic E-state index is 0.218. The van der Waals surface area contributed by atoms with E-state index in [9.17, 15) is 9.18 Å². The summed E-state index contributed by atoms with van der Waals surface area (Å²) in [6.45, 7) is 1.57. The molecule has 0 aliphatic carbocycles. The fraction of sp³-hybridized carbons (Fsp3) is 0.133. The zero-order chi connectivity index (χ0) is 14.8. The highest BCUT2D eigenvalue weighted by Crippen LogP contribution is 2.28. The predicted molar refractivity (Wildman–Crippen MR) is 80.7 cm³/mol. The van der Waals surface area contributed by atoms with E-state index in [4.69, 9.17) is 5.73 Å². The average Bonchev–Trinajstić information content (AvgIpc) is 2.41. The lowest BCUT2D eigenvalue weighted by Gasteiger charge is -2.29. The summed E-state index contributed by atoms with van der Waals surface area (Å²) in [4.78, 5) is 11.8. The Hall–Kier alpha value is -1.88. The zero-order valence-corrected chi connectivity index (χ0v) is 12.4. The molecule has 0 aliphatic heterocycles. The van der Waals surface area contributed by atoms with Crippen LogP contribution in [0.5, 0.6) is 0 Å². The van der Waals surface area contributed by atoms with Crippen molar-refractivity contribution < 1.29 is 9.18 Å². The van der Waals surface area contributed by atoms with Crippen LogP contribution in [0, 0.1) is 5.82 Å². The molecule has 20 heavy (non-hydrogen) atoms. The Bertz CT molecular complexity index is 630. The van der Waals surface area contributed by atoms with Gasteiger partial charge in [-0.1, -0.05) is 34.1 Å². The Balaban J connectivity index is 2.43. The quantitative estimate of drug-likeness (QED) is 0.898. The summed E-state index contributed by atoms with van der Waals surface area (Å²) in [5.41, 5.74) is 5.05. The maximum absolute atomic E-state index is 14.0. The van der Waals surface area contributed by atoms with Gasteiger partial charge in [0.15, 0.2) is 0 Å². The number of rotatable bonds is 4. The smallest absolute Gasteiger partial charge is 0.247 e. The molecule has 0 heterocycles. The van der Waals surface area contributed by atoms with Gasteiger partial charge in [0.05, 0.1) is 0 Å². The topological polar surface area (TPSA) is 55.1 Å². The third kappa shape index (κ3) is 2.82. The average molecular weight is 337 g/mol. The number of nitrogens with two attached hydrogens (primary N) is 1. The van der Waals surface area contributed by atoms with E-state index in [0.29, 0.717) is 5.69 Å². The number of halogens is 2. The number of primary amides is 1. The normalized spacial score (nSPS) is 13.6. The standard InChI is InChI=1S/C15H14BrFN2O/c1-15(14(18)20,12-4-2-3-5-13(12)17)19-11-8-6-10(16)7-9-11/h2-9,19H,1H3,(H2,18,20). The maximum Gasteiger partial charge on any atom is 0.247 e. The molecule has 3 N–H and O–H groups in total. The molecule has 2 aromatic rings. The third-order valence-electron chi connectivity index (χ3n) is 3.14. The van der Waals surface area contributed by atoms with Gasteiger partial charge in [0.2, 0.25) is 5.91 Å². The first-order valence-corrected chi connectivity index (χ1v) is 6.81. The molecule has 0 saturated carbocycles. The van der Waals surface area contributed by atoms with E-state index in [1.54, 1.807) is 37.3 Å². The van der Waals surface area contributed by atoms with E-state index >= 15 is 0 Å². The number of nitrogens with one attached hydrogen (secondary N) is 1. The first kappa shape index (κ1) is 14.5.